The van der Waals surface area contributed by atoms with Gasteiger partial charge < -0.3 is 20.3 Å². The van der Waals surface area contributed by atoms with Crippen LogP contribution < -0.4 is 15.4 Å². The van der Waals surface area contributed by atoms with Gasteiger partial charge in [-0.1, -0.05) is 26.0 Å². The van der Waals surface area contributed by atoms with Crippen LogP contribution in [0.15, 0.2) is 18.2 Å². The Hall–Kier alpha value is -1.59. The zero-order valence-corrected chi connectivity index (χ0v) is 15.2. The highest BCUT2D eigenvalue weighted by Gasteiger charge is 2.11. The predicted molar refractivity (Wildman–Crippen MR) is 97.7 cm³/mol. The second-order valence-electron chi connectivity index (χ2n) is 6.78. The molecule has 0 aliphatic carbocycles. The molecule has 1 aliphatic heterocycles. The van der Waals surface area contributed by atoms with E-state index in [9.17, 15) is 4.79 Å². The van der Waals surface area contributed by atoms with Crippen LogP contribution in [0.5, 0.6) is 5.75 Å². The van der Waals surface area contributed by atoms with Crippen molar-refractivity contribution in [3.05, 3.63) is 29.3 Å². The molecule has 1 aliphatic rings. The molecule has 1 aromatic rings. The van der Waals surface area contributed by atoms with Crippen LogP contribution in [0, 0.1) is 6.92 Å². The highest BCUT2D eigenvalue weighted by Crippen LogP contribution is 2.27. The van der Waals surface area contributed by atoms with Crippen molar-refractivity contribution in [3.63, 3.8) is 0 Å². The largest absolute Gasteiger partial charge is 0.483 e. The van der Waals surface area contributed by atoms with Crippen molar-refractivity contribution in [2.45, 2.75) is 33.1 Å². The molecule has 1 fully saturated rings. The quantitative estimate of drug-likeness (QED) is 0.714. The van der Waals surface area contributed by atoms with Gasteiger partial charge in [-0.15, -0.1) is 0 Å². The normalized spacial score (nSPS) is 15.5. The maximum Gasteiger partial charge on any atom is 0.257 e. The summed E-state index contributed by atoms with van der Waals surface area (Å²) in [7, 11) is 0. The molecule has 134 valence electrons. The number of aryl methyl sites for hydroxylation is 1. The summed E-state index contributed by atoms with van der Waals surface area (Å²) >= 11 is 0. The minimum Gasteiger partial charge on any atom is -0.483 e. The molecule has 1 heterocycles. The highest BCUT2D eigenvalue weighted by molar-refractivity contribution is 5.77. The topological polar surface area (TPSA) is 53.6 Å². The van der Waals surface area contributed by atoms with Gasteiger partial charge in [0.15, 0.2) is 6.61 Å². The molecule has 5 nitrogen and oxygen atoms in total. The molecule has 1 aromatic carbocycles. The monoisotopic (exact) mass is 333 g/mol. The second kappa shape index (κ2) is 9.64. The molecule has 1 amide bonds. The van der Waals surface area contributed by atoms with Gasteiger partial charge in [-0.05, 0) is 43.0 Å². The highest BCUT2D eigenvalue weighted by atomic mass is 16.5. The number of piperazine rings is 1. The zero-order valence-electron chi connectivity index (χ0n) is 15.2. The fraction of sp³-hybridized carbons (Fsp3) is 0.632. The van der Waals surface area contributed by atoms with Gasteiger partial charge in [-0.3, -0.25) is 4.79 Å². The van der Waals surface area contributed by atoms with Crippen LogP contribution in [0.1, 0.15) is 37.3 Å². The maximum atomic E-state index is 12.0. The molecule has 0 aromatic heterocycles. The third kappa shape index (κ3) is 6.13. The number of nitrogens with zero attached hydrogens (tertiary/aromatic N) is 1. The van der Waals surface area contributed by atoms with E-state index in [1.807, 2.05) is 13.0 Å². The molecule has 0 atom stereocenters. The third-order valence-corrected chi connectivity index (χ3v) is 4.33. The fourth-order valence-electron chi connectivity index (χ4n) is 2.90. The van der Waals surface area contributed by atoms with Gasteiger partial charge in [-0.2, -0.15) is 0 Å². The SMILES string of the molecule is Cc1ccc(C(C)C)c(OCC(=O)NCCCN2CCNCC2)c1. The van der Waals surface area contributed by atoms with Crippen molar-refractivity contribution in [2.75, 3.05) is 45.9 Å². The first-order valence-electron chi connectivity index (χ1n) is 8.99. The smallest absolute Gasteiger partial charge is 0.257 e. The van der Waals surface area contributed by atoms with Gasteiger partial charge in [0, 0.05) is 32.7 Å². The number of benzene rings is 1. The summed E-state index contributed by atoms with van der Waals surface area (Å²) in [5.41, 5.74) is 2.29. The van der Waals surface area contributed by atoms with E-state index in [4.69, 9.17) is 4.74 Å². The summed E-state index contributed by atoms with van der Waals surface area (Å²) in [6.45, 7) is 12.5. The van der Waals surface area contributed by atoms with Crippen LogP contribution >= 0.6 is 0 Å². The van der Waals surface area contributed by atoms with E-state index in [1.54, 1.807) is 0 Å². The average Bonchev–Trinajstić information content (AvgIpc) is 2.57. The van der Waals surface area contributed by atoms with Crippen LogP contribution in [0.2, 0.25) is 0 Å². The summed E-state index contributed by atoms with van der Waals surface area (Å²) in [6, 6.07) is 6.17. The lowest BCUT2D eigenvalue weighted by Crippen LogP contribution is -2.44. The molecule has 0 bridgehead atoms. The second-order valence-corrected chi connectivity index (χ2v) is 6.78. The number of nitrogens with one attached hydrogen (secondary N) is 2. The van der Waals surface area contributed by atoms with E-state index < -0.39 is 0 Å². The molecule has 2 rings (SSSR count). The number of hydrogen-bond acceptors (Lipinski definition) is 4. The average molecular weight is 333 g/mol. The van der Waals surface area contributed by atoms with Gasteiger partial charge >= 0.3 is 0 Å². The van der Waals surface area contributed by atoms with Crippen LogP contribution in [0.3, 0.4) is 0 Å². The first-order chi connectivity index (χ1) is 11.6. The first kappa shape index (κ1) is 18.7. The lowest BCUT2D eigenvalue weighted by molar-refractivity contribution is -0.123. The minimum atomic E-state index is -0.0495. The lowest BCUT2D eigenvalue weighted by Gasteiger charge is -2.27. The van der Waals surface area contributed by atoms with Crippen LogP contribution in [-0.4, -0.2) is 56.7 Å². The number of ether oxygens (including phenoxy) is 1. The Morgan fingerprint density at radius 2 is 2.08 bits per heavy atom. The number of carbonyl (C=O) groups is 1. The molecule has 24 heavy (non-hydrogen) atoms. The molecule has 0 saturated carbocycles. The molecule has 0 radical (unpaired) electrons. The third-order valence-electron chi connectivity index (χ3n) is 4.33. The van der Waals surface area contributed by atoms with E-state index in [0.717, 1.165) is 56.0 Å². The van der Waals surface area contributed by atoms with Gasteiger partial charge in [0.1, 0.15) is 5.75 Å². The number of rotatable bonds is 8. The Morgan fingerprint density at radius 1 is 1.33 bits per heavy atom. The lowest BCUT2D eigenvalue weighted by atomic mass is 10.0. The van der Waals surface area contributed by atoms with Crippen molar-refractivity contribution in [3.8, 4) is 5.75 Å². The molecule has 5 heteroatoms. The molecule has 0 spiro atoms. The van der Waals surface area contributed by atoms with Crippen LogP contribution in [0.4, 0.5) is 0 Å². The van der Waals surface area contributed by atoms with E-state index in [1.165, 1.54) is 0 Å². The standard InChI is InChI=1S/C19H31N3O2/c1-15(2)17-6-5-16(3)13-18(17)24-14-19(23)21-7-4-10-22-11-8-20-9-12-22/h5-6,13,15,20H,4,7-12,14H2,1-3H3,(H,21,23). The maximum absolute atomic E-state index is 12.0. The van der Waals surface area contributed by atoms with Crippen LogP contribution in [0.25, 0.3) is 0 Å². The minimum absolute atomic E-state index is 0.0495. The van der Waals surface area contributed by atoms with E-state index in [2.05, 4.69) is 41.5 Å². The molecular weight excluding hydrogens is 302 g/mol. The molecule has 0 unspecified atom stereocenters. The molecule has 2 N–H and O–H groups in total. The Kier molecular flexibility index (Phi) is 7.53. The Morgan fingerprint density at radius 3 is 2.79 bits per heavy atom. The van der Waals surface area contributed by atoms with Crippen molar-refractivity contribution in [2.24, 2.45) is 0 Å². The van der Waals surface area contributed by atoms with Gasteiger partial charge in [-0.25, -0.2) is 0 Å². The Balaban J connectivity index is 1.68. The van der Waals surface area contributed by atoms with Gasteiger partial charge in [0.05, 0.1) is 0 Å². The summed E-state index contributed by atoms with van der Waals surface area (Å²) in [5, 5.41) is 6.29. The summed E-state index contributed by atoms with van der Waals surface area (Å²) < 4.78 is 5.76. The first-order valence-corrected chi connectivity index (χ1v) is 8.99. The molecular formula is C19H31N3O2. The number of amides is 1. The van der Waals surface area contributed by atoms with E-state index in [-0.39, 0.29) is 12.5 Å². The van der Waals surface area contributed by atoms with Crippen LogP contribution in [-0.2, 0) is 4.79 Å². The number of carbonyl (C=O) groups excluding carboxylic acids is 1. The van der Waals surface area contributed by atoms with E-state index in [0.29, 0.717) is 12.5 Å². The summed E-state index contributed by atoms with van der Waals surface area (Å²) in [4.78, 5) is 14.4. The zero-order chi connectivity index (χ0) is 17.4. The van der Waals surface area contributed by atoms with Gasteiger partial charge in [0.25, 0.3) is 5.91 Å². The fourth-order valence-corrected chi connectivity index (χ4v) is 2.90. The molecule has 1 saturated heterocycles. The van der Waals surface area contributed by atoms with Crippen molar-refractivity contribution < 1.29 is 9.53 Å². The number of hydrogen-bond donors (Lipinski definition) is 2. The predicted octanol–water partition coefficient (Wildman–Crippen LogP) is 1.91. The van der Waals surface area contributed by atoms with Crippen molar-refractivity contribution in [1.29, 1.82) is 0 Å². The summed E-state index contributed by atoms with van der Waals surface area (Å²) in [6.07, 6.45) is 0.980. The summed E-state index contributed by atoms with van der Waals surface area (Å²) in [5.74, 6) is 1.15. The van der Waals surface area contributed by atoms with Gasteiger partial charge in [0.2, 0.25) is 0 Å². The Bertz CT molecular complexity index is 525. The van der Waals surface area contributed by atoms with Crippen molar-refractivity contribution in [1.82, 2.24) is 15.5 Å². The Labute approximate surface area is 145 Å². The van der Waals surface area contributed by atoms with Crippen molar-refractivity contribution >= 4 is 5.91 Å². The van der Waals surface area contributed by atoms with E-state index >= 15 is 0 Å².